The first-order valence-electron chi connectivity index (χ1n) is 12.6. The fourth-order valence-corrected chi connectivity index (χ4v) is 4.74. The lowest BCUT2D eigenvalue weighted by Gasteiger charge is -2.27. The van der Waals surface area contributed by atoms with Crippen LogP contribution in [0.5, 0.6) is 0 Å². The molecule has 0 atom stereocenters. The lowest BCUT2D eigenvalue weighted by Crippen LogP contribution is -2.40. The zero-order chi connectivity index (χ0) is 24.6. The van der Waals surface area contributed by atoms with E-state index < -0.39 is 0 Å². The van der Waals surface area contributed by atoms with Crippen LogP contribution in [0.15, 0.2) is 53.3 Å². The molecule has 0 amide bonds. The van der Waals surface area contributed by atoms with Gasteiger partial charge in [0.2, 0.25) is 0 Å². The molecule has 1 aromatic heterocycles. The highest BCUT2D eigenvalue weighted by Gasteiger charge is 2.19. The van der Waals surface area contributed by atoms with E-state index in [1.807, 2.05) is 60.0 Å². The monoisotopic (exact) mass is 470 g/mol. The molecule has 1 fully saturated rings. The number of unbranched alkanes of at least 4 members (excludes halogenated alkanes) is 1. The van der Waals surface area contributed by atoms with Crippen molar-refractivity contribution < 1.29 is 4.74 Å². The summed E-state index contributed by atoms with van der Waals surface area (Å²) in [6.45, 7) is 8.73. The minimum Gasteiger partial charge on any atom is -0.379 e. The molecule has 0 aliphatic carbocycles. The van der Waals surface area contributed by atoms with E-state index in [1.54, 1.807) is 0 Å². The molecule has 1 saturated heterocycles. The molecular weight excluding hydrogens is 436 g/mol. The van der Waals surface area contributed by atoms with Crippen molar-refractivity contribution in [2.24, 2.45) is 0 Å². The van der Waals surface area contributed by atoms with Gasteiger partial charge in [-0.1, -0.05) is 61.9 Å². The highest BCUT2D eigenvalue weighted by Crippen LogP contribution is 2.27. The molecule has 6 nitrogen and oxygen atoms in total. The minimum atomic E-state index is 0.0193. The topological polar surface area (TPSA) is 71.2 Å². The summed E-state index contributed by atoms with van der Waals surface area (Å²) in [7, 11) is 0. The van der Waals surface area contributed by atoms with E-state index in [1.165, 1.54) is 0 Å². The Morgan fingerprint density at radius 3 is 2.54 bits per heavy atom. The van der Waals surface area contributed by atoms with Gasteiger partial charge in [-0.2, -0.15) is 5.26 Å². The van der Waals surface area contributed by atoms with Crippen molar-refractivity contribution in [2.45, 2.75) is 46.1 Å². The maximum absolute atomic E-state index is 13.8. The normalized spacial score (nSPS) is 14.1. The molecule has 6 heteroatoms. The van der Waals surface area contributed by atoms with Crippen LogP contribution in [0.2, 0.25) is 0 Å². The van der Waals surface area contributed by atoms with Crippen molar-refractivity contribution in [3.8, 4) is 17.2 Å². The Labute approximate surface area is 207 Å². The Balaban J connectivity index is 1.71. The van der Waals surface area contributed by atoms with Gasteiger partial charge in [-0.05, 0) is 36.5 Å². The van der Waals surface area contributed by atoms with Crippen LogP contribution < -0.4 is 5.56 Å². The predicted octanol–water partition coefficient (Wildman–Crippen LogP) is 4.36. The van der Waals surface area contributed by atoms with E-state index in [4.69, 9.17) is 9.72 Å². The molecule has 0 N–H and O–H groups in total. The third-order valence-electron chi connectivity index (χ3n) is 6.76. The standard InChI is InChI=1S/C29H34N4O2/c1-3-4-13-28-26(29(34)33(22(2)31-28)15-14-32-16-18-35-19-17-32)20-24-11-8-12-25(27(24)21-30)23-9-6-5-7-10-23/h5-12H,3-4,13-20H2,1-2H3. The van der Waals surface area contributed by atoms with E-state index in [2.05, 4.69) is 17.9 Å². The van der Waals surface area contributed by atoms with Gasteiger partial charge in [-0.15, -0.1) is 0 Å². The molecule has 0 spiro atoms. The van der Waals surface area contributed by atoms with Gasteiger partial charge < -0.3 is 4.74 Å². The van der Waals surface area contributed by atoms with Crippen molar-refractivity contribution in [2.75, 3.05) is 32.8 Å². The molecule has 35 heavy (non-hydrogen) atoms. The number of rotatable bonds is 9. The van der Waals surface area contributed by atoms with Crippen molar-refractivity contribution in [1.82, 2.24) is 14.5 Å². The summed E-state index contributed by atoms with van der Waals surface area (Å²) in [6.07, 6.45) is 3.19. The van der Waals surface area contributed by atoms with E-state index in [0.717, 1.165) is 80.3 Å². The molecule has 2 heterocycles. The fourth-order valence-electron chi connectivity index (χ4n) is 4.74. The maximum atomic E-state index is 13.8. The largest absolute Gasteiger partial charge is 0.379 e. The highest BCUT2D eigenvalue weighted by molar-refractivity contribution is 5.72. The molecular formula is C29H34N4O2. The van der Waals surface area contributed by atoms with Gasteiger partial charge >= 0.3 is 0 Å². The summed E-state index contributed by atoms with van der Waals surface area (Å²) < 4.78 is 7.27. The first kappa shape index (κ1) is 24.8. The Bertz CT molecular complexity index is 1240. The second kappa shape index (κ2) is 11.9. The van der Waals surface area contributed by atoms with Gasteiger partial charge in [0.1, 0.15) is 11.9 Å². The molecule has 2 aromatic carbocycles. The van der Waals surface area contributed by atoms with Gasteiger partial charge in [0, 0.05) is 38.2 Å². The average Bonchev–Trinajstić information content (AvgIpc) is 2.90. The van der Waals surface area contributed by atoms with E-state index in [9.17, 15) is 10.1 Å². The second-order valence-corrected chi connectivity index (χ2v) is 9.09. The van der Waals surface area contributed by atoms with Crippen molar-refractivity contribution >= 4 is 0 Å². The number of ether oxygens (including phenoxy) is 1. The number of aryl methyl sites for hydroxylation is 2. The summed E-state index contributed by atoms with van der Waals surface area (Å²) in [5.74, 6) is 0.761. The number of hydrogen-bond donors (Lipinski definition) is 0. The van der Waals surface area contributed by atoms with E-state index in [-0.39, 0.29) is 5.56 Å². The van der Waals surface area contributed by atoms with Crippen LogP contribution in [0.3, 0.4) is 0 Å². The number of hydrogen-bond acceptors (Lipinski definition) is 5. The van der Waals surface area contributed by atoms with Gasteiger partial charge in [0.15, 0.2) is 0 Å². The Kier molecular flexibility index (Phi) is 8.46. The van der Waals surface area contributed by atoms with Crippen LogP contribution in [0.25, 0.3) is 11.1 Å². The number of nitriles is 1. The van der Waals surface area contributed by atoms with Gasteiger partial charge in [-0.3, -0.25) is 14.3 Å². The zero-order valence-electron chi connectivity index (χ0n) is 20.8. The van der Waals surface area contributed by atoms with Gasteiger partial charge in [0.25, 0.3) is 5.56 Å². The van der Waals surface area contributed by atoms with Crippen LogP contribution in [0.1, 0.15) is 48.0 Å². The fraction of sp³-hybridized carbons (Fsp3) is 0.414. The second-order valence-electron chi connectivity index (χ2n) is 9.09. The molecule has 3 aromatic rings. The maximum Gasteiger partial charge on any atom is 0.257 e. The van der Waals surface area contributed by atoms with Gasteiger partial charge in [0.05, 0.1) is 24.5 Å². The molecule has 182 valence electrons. The highest BCUT2D eigenvalue weighted by atomic mass is 16.5. The van der Waals surface area contributed by atoms with Crippen LogP contribution in [0, 0.1) is 18.3 Å². The predicted molar refractivity (Wildman–Crippen MR) is 139 cm³/mol. The quantitative estimate of drug-likeness (QED) is 0.465. The number of aromatic nitrogens is 2. The number of morpholine rings is 1. The van der Waals surface area contributed by atoms with Crippen LogP contribution in [-0.2, 0) is 24.1 Å². The molecule has 0 saturated carbocycles. The Morgan fingerprint density at radius 2 is 1.83 bits per heavy atom. The lowest BCUT2D eigenvalue weighted by molar-refractivity contribution is 0.0361. The first-order valence-corrected chi connectivity index (χ1v) is 12.6. The minimum absolute atomic E-state index is 0.0193. The lowest BCUT2D eigenvalue weighted by atomic mass is 9.92. The summed E-state index contributed by atoms with van der Waals surface area (Å²) in [4.78, 5) is 21.0. The first-order chi connectivity index (χ1) is 17.1. The smallest absolute Gasteiger partial charge is 0.257 e. The van der Waals surface area contributed by atoms with E-state index in [0.29, 0.717) is 24.1 Å². The summed E-state index contributed by atoms with van der Waals surface area (Å²) in [5.41, 5.74) is 4.99. The van der Waals surface area contributed by atoms with Crippen LogP contribution >= 0.6 is 0 Å². The van der Waals surface area contributed by atoms with Crippen molar-refractivity contribution in [3.05, 3.63) is 87.1 Å². The van der Waals surface area contributed by atoms with Crippen LogP contribution in [-0.4, -0.2) is 47.3 Å². The molecule has 0 bridgehead atoms. The molecule has 0 unspecified atom stereocenters. The number of nitrogens with zero attached hydrogens (tertiary/aromatic N) is 4. The number of benzene rings is 2. The van der Waals surface area contributed by atoms with Crippen LogP contribution in [0.4, 0.5) is 0 Å². The molecule has 1 aliphatic rings. The zero-order valence-corrected chi connectivity index (χ0v) is 20.8. The van der Waals surface area contributed by atoms with E-state index >= 15 is 0 Å². The van der Waals surface area contributed by atoms with Crippen molar-refractivity contribution in [3.63, 3.8) is 0 Å². The molecule has 4 rings (SSSR count). The summed E-state index contributed by atoms with van der Waals surface area (Å²) >= 11 is 0. The average molecular weight is 471 g/mol. The Hall–Kier alpha value is -3.27. The summed E-state index contributed by atoms with van der Waals surface area (Å²) in [5, 5.41) is 10.1. The third-order valence-corrected chi connectivity index (χ3v) is 6.76. The summed E-state index contributed by atoms with van der Waals surface area (Å²) in [6, 6.07) is 18.3. The molecule has 1 aliphatic heterocycles. The molecule has 0 radical (unpaired) electrons. The SMILES string of the molecule is CCCCc1nc(C)n(CCN2CCOCC2)c(=O)c1Cc1cccc(-c2ccccc2)c1C#N. The third kappa shape index (κ3) is 5.87. The Morgan fingerprint density at radius 1 is 1.06 bits per heavy atom. The van der Waals surface area contributed by atoms with Gasteiger partial charge in [-0.25, -0.2) is 4.98 Å². The van der Waals surface area contributed by atoms with Crippen molar-refractivity contribution in [1.29, 1.82) is 5.26 Å².